The summed E-state index contributed by atoms with van der Waals surface area (Å²) in [5.41, 5.74) is 0.635. The highest BCUT2D eigenvalue weighted by molar-refractivity contribution is 5.92. The van der Waals surface area contributed by atoms with Crippen LogP contribution in [0.4, 0.5) is 5.69 Å². The number of carbonyl (C=O) groups excluding carboxylic acids is 1. The van der Waals surface area contributed by atoms with E-state index in [0.29, 0.717) is 36.2 Å². The highest BCUT2D eigenvalue weighted by Crippen LogP contribution is 2.32. The summed E-state index contributed by atoms with van der Waals surface area (Å²) in [4.78, 5) is 15.8. The van der Waals surface area contributed by atoms with Gasteiger partial charge in [-0.2, -0.15) is 4.98 Å². The summed E-state index contributed by atoms with van der Waals surface area (Å²) >= 11 is 0. The van der Waals surface area contributed by atoms with Crippen LogP contribution in [0.3, 0.4) is 0 Å². The van der Waals surface area contributed by atoms with E-state index in [1.807, 2.05) is 0 Å². The van der Waals surface area contributed by atoms with Crippen molar-refractivity contribution in [2.75, 3.05) is 18.5 Å². The first-order valence-electron chi connectivity index (χ1n) is 6.19. The fourth-order valence-corrected chi connectivity index (χ4v) is 1.88. The van der Waals surface area contributed by atoms with E-state index in [2.05, 4.69) is 15.5 Å². The topological polar surface area (TPSA) is 86.5 Å². The predicted molar refractivity (Wildman–Crippen MR) is 68.8 cm³/mol. The van der Waals surface area contributed by atoms with Crippen LogP contribution in [0.25, 0.3) is 0 Å². The summed E-state index contributed by atoms with van der Waals surface area (Å²) in [6, 6.07) is 5.25. The Kier molecular flexibility index (Phi) is 3.24. The van der Waals surface area contributed by atoms with E-state index >= 15 is 0 Å². The number of amides is 1. The van der Waals surface area contributed by atoms with E-state index < -0.39 is 0 Å². The van der Waals surface area contributed by atoms with Gasteiger partial charge in [-0.25, -0.2) is 0 Å². The molecule has 0 saturated heterocycles. The number of carbonyl (C=O) groups is 1. The Morgan fingerprint density at radius 1 is 1.30 bits per heavy atom. The summed E-state index contributed by atoms with van der Waals surface area (Å²) in [6.45, 7) is 2.74. The highest BCUT2D eigenvalue weighted by atomic mass is 16.6. The molecule has 104 valence electrons. The SMILES string of the molecule is Cc1noc(CC(=O)Nc2ccc3c(c2)OCCO3)n1. The fourth-order valence-electron chi connectivity index (χ4n) is 1.88. The number of rotatable bonds is 3. The van der Waals surface area contributed by atoms with Crippen molar-refractivity contribution in [1.29, 1.82) is 0 Å². The average Bonchev–Trinajstić information content (AvgIpc) is 2.83. The van der Waals surface area contributed by atoms with Crippen molar-refractivity contribution in [2.45, 2.75) is 13.3 Å². The van der Waals surface area contributed by atoms with Crippen LogP contribution in [0.2, 0.25) is 0 Å². The molecular weight excluding hydrogens is 262 g/mol. The van der Waals surface area contributed by atoms with E-state index in [9.17, 15) is 4.79 Å². The molecule has 0 atom stereocenters. The zero-order valence-corrected chi connectivity index (χ0v) is 10.9. The molecule has 1 amide bonds. The van der Waals surface area contributed by atoms with Gasteiger partial charge in [0, 0.05) is 11.8 Å². The van der Waals surface area contributed by atoms with Gasteiger partial charge >= 0.3 is 0 Å². The summed E-state index contributed by atoms with van der Waals surface area (Å²) in [6.07, 6.45) is 0.0370. The Morgan fingerprint density at radius 3 is 2.85 bits per heavy atom. The molecule has 2 aromatic rings. The van der Waals surface area contributed by atoms with Gasteiger partial charge in [-0.1, -0.05) is 5.16 Å². The van der Waals surface area contributed by atoms with E-state index in [-0.39, 0.29) is 18.2 Å². The second-order valence-electron chi connectivity index (χ2n) is 4.32. The fraction of sp³-hybridized carbons (Fsp3) is 0.308. The molecule has 0 fully saturated rings. The van der Waals surface area contributed by atoms with Crippen molar-refractivity contribution in [1.82, 2.24) is 10.1 Å². The van der Waals surface area contributed by atoms with Crippen molar-refractivity contribution in [2.24, 2.45) is 0 Å². The third-order valence-electron chi connectivity index (χ3n) is 2.71. The zero-order chi connectivity index (χ0) is 13.9. The first-order valence-corrected chi connectivity index (χ1v) is 6.19. The van der Waals surface area contributed by atoms with E-state index in [1.54, 1.807) is 25.1 Å². The summed E-state index contributed by atoms with van der Waals surface area (Å²) in [7, 11) is 0. The molecule has 1 aliphatic heterocycles. The highest BCUT2D eigenvalue weighted by Gasteiger charge is 2.14. The lowest BCUT2D eigenvalue weighted by Gasteiger charge is -2.18. The van der Waals surface area contributed by atoms with Gasteiger partial charge in [0.25, 0.3) is 0 Å². The van der Waals surface area contributed by atoms with Gasteiger partial charge in [0.1, 0.15) is 19.6 Å². The Hall–Kier alpha value is -2.57. The number of hydrogen-bond donors (Lipinski definition) is 1. The molecule has 0 bridgehead atoms. The van der Waals surface area contributed by atoms with Crippen LogP contribution in [0.5, 0.6) is 11.5 Å². The third-order valence-corrected chi connectivity index (χ3v) is 2.71. The molecule has 0 unspecified atom stereocenters. The summed E-state index contributed by atoms with van der Waals surface area (Å²) in [5, 5.41) is 6.38. The molecule has 1 N–H and O–H groups in total. The lowest BCUT2D eigenvalue weighted by Crippen LogP contribution is -2.17. The second-order valence-corrected chi connectivity index (χ2v) is 4.32. The molecule has 1 aliphatic rings. The van der Waals surface area contributed by atoms with Crippen LogP contribution < -0.4 is 14.8 Å². The van der Waals surface area contributed by atoms with Crippen molar-refractivity contribution >= 4 is 11.6 Å². The van der Waals surface area contributed by atoms with Gasteiger partial charge < -0.3 is 19.3 Å². The van der Waals surface area contributed by atoms with Gasteiger partial charge in [0.05, 0.1) is 0 Å². The lowest BCUT2D eigenvalue weighted by atomic mass is 10.2. The number of aryl methyl sites for hydroxylation is 1. The second kappa shape index (κ2) is 5.20. The number of ether oxygens (including phenoxy) is 2. The van der Waals surface area contributed by atoms with E-state index in [1.165, 1.54) is 0 Å². The maximum absolute atomic E-state index is 11.8. The van der Waals surface area contributed by atoms with Crippen LogP contribution in [-0.4, -0.2) is 29.3 Å². The summed E-state index contributed by atoms with van der Waals surface area (Å²) < 4.78 is 15.8. The first kappa shape index (κ1) is 12.5. The van der Waals surface area contributed by atoms with Crippen LogP contribution in [0.15, 0.2) is 22.7 Å². The van der Waals surface area contributed by atoms with Crippen LogP contribution >= 0.6 is 0 Å². The number of aromatic nitrogens is 2. The minimum atomic E-state index is -0.231. The molecule has 1 aromatic heterocycles. The van der Waals surface area contributed by atoms with Gasteiger partial charge in [0.2, 0.25) is 11.8 Å². The Bertz CT molecular complexity index is 638. The maximum Gasteiger partial charge on any atom is 0.236 e. The average molecular weight is 275 g/mol. The number of fused-ring (bicyclic) bond motifs is 1. The normalized spacial score (nSPS) is 13.1. The predicted octanol–water partition coefficient (Wildman–Crippen LogP) is 1.33. The minimum Gasteiger partial charge on any atom is -0.486 e. The van der Waals surface area contributed by atoms with E-state index in [4.69, 9.17) is 14.0 Å². The summed E-state index contributed by atoms with van der Waals surface area (Å²) in [5.74, 6) is 1.87. The molecule has 0 spiro atoms. The number of anilines is 1. The van der Waals surface area contributed by atoms with Crippen molar-refractivity contribution in [3.8, 4) is 11.5 Å². The standard InChI is InChI=1S/C13H13N3O4/c1-8-14-13(20-16-8)7-12(17)15-9-2-3-10-11(6-9)19-5-4-18-10/h2-3,6H,4-5,7H2,1H3,(H,15,17). The molecule has 20 heavy (non-hydrogen) atoms. The Labute approximate surface area is 114 Å². The number of benzene rings is 1. The number of nitrogens with zero attached hydrogens (tertiary/aromatic N) is 2. The Balaban J connectivity index is 1.66. The molecular formula is C13H13N3O4. The molecule has 7 nitrogen and oxygen atoms in total. The van der Waals surface area contributed by atoms with Gasteiger partial charge in [0.15, 0.2) is 17.3 Å². The molecule has 1 aromatic carbocycles. The van der Waals surface area contributed by atoms with Gasteiger partial charge in [-0.3, -0.25) is 4.79 Å². The lowest BCUT2D eigenvalue weighted by molar-refractivity contribution is -0.115. The molecule has 0 radical (unpaired) electrons. The first-order chi connectivity index (χ1) is 9.70. The number of nitrogens with one attached hydrogen (secondary N) is 1. The third kappa shape index (κ3) is 2.71. The molecule has 0 aliphatic carbocycles. The molecule has 3 rings (SSSR count). The maximum atomic E-state index is 11.8. The van der Waals surface area contributed by atoms with Crippen LogP contribution in [-0.2, 0) is 11.2 Å². The smallest absolute Gasteiger partial charge is 0.236 e. The Morgan fingerprint density at radius 2 is 2.10 bits per heavy atom. The zero-order valence-electron chi connectivity index (χ0n) is 10.9. The van der Waals surface area contributed by atoms with Crippen LogP contribution in [0, 0.1) is 6.92 Å². The largest absolute Gasteiger partial charge is 0.486 e. The molecule has 7 heteroatoms. The number of hydrogen-bond acceptors (Lipinski definition) is 6. The van der Waals surface area contributed by atoms with Crippen LogP contribution in [0.1, 0.15) is 11.7 Å². The molecule has 0 saturated carbocycles. The van der Waals surface area contributed by atoms with E-state index in [0.717, 1.165) is 0 Å². The minimum absolute atomic E-state index is 0.0370. The van der Waals surface area contributed by atoms with Gasteiger partial charge in [-0.15, -0.1) is 0 Å². The van der Waals surface area contributed by atoms with Crippen molar-refractivity contribution in [3.63, 3.8) is 0 Å². The monoisotopic (exact) mass is 275 g/mol. The van der Waals surface area contributed by atoms with Crippen molar-refractivity contribution in [3.05, 3.63) is 29.9 Å². The quantitative estimate of drug-likeness (QED) is 0.909. The van der Waals surface area contributed by atoms with Gasteiger partial charge in [-0.05, 0) is 19.1 Å². The van der Waals surface area contributed by atoms with Crippen molar-refractivity contribution < 1.29 is 18.8 Å². The molecule has 2 heterocycles.